The predicted molar refractivity (Wildman–Crippen MR) is 202 cm³/mol. The second kappa shape index (κ2) is 14.7. The van der Waals surface area contributed by atoms with Gasteiger partial charge >= 0.3 is 0 Å². The van der Waals surface area contributed by atoms with E-state index in [0.717, 1.165) is 57.0 Å². The Bertz CT molecular complexity index is 2050. The Morgan fingerprint density at radius 1 is 0.745 bits per heavy atom. The van der Waals surface area contributed by atoms with E-state index in [0.29, 0.717) is 5.92 Å². The van der Waals surface area contributed by atoms with Crippen LogP contribution in [0, 0.1) is 6.92 Å². The molecule has 1 unspecified atom stereocenters. The number of hydrogen-bond acceptors (Lipinski definition) is 2. The SMILES string of the molecule is C=C/C(=C\C=C/C)c1cccc(-c2cc(-c3cccc(-c4ccccc4)c3)nc(C3=CCC(c4cccc(C)c4/C=C\C)C=C3)n2)c1. The van der Waals surface area contributed by atoms with Crippen LogP contribution in [0.3, 0.4) is 0 Å². The highest BCUT2D eigenvalue weighted by atomic mass is 14.9. The summed E-state index contributed by atoms with van der Waals surface area (Å²) in [5, 5.41) is 0. The van der Waals surface area contributed by atoms with Crippen molar-refractivity contribution < 1.29 is 0 Å². The Labute approximate surface area is 279 Å². The van der Waals surface area contributed by atoms with Crippen molar-refractivity contribution in [3.8, 4) is 33.6 Å². The van der Waals surface area contributed by atoms with Gasteiger partial charge in [-0.05, 0) is 84.3 Å². The van der Waals surface area contributed by atoms with Gasteiger partial charge in [-0.2, -0.15) is 0 Å². The summed E-state index contributed by atoms with van der Waals surface area (Å²) in [5.41, 5.74) is 13.4. The van der Waals surface area contributed by atoms with Crippen LogP contribution in [0.2, 0.25) is 0 Å². The Kier molecular flexibility index (Phi) is 9.79. The first-order valence-corrected chi connectivity index (χ1v) is 16.3. The molecule has 0 amide bonds. The molecule has 1 atom stereocenters. The van der Waals surface area contributed by atoms with E-state index in [4.69, 9.17) is 9.97 Å². The molecule has 0 aliphatic heterocycles. The molecule has 0 fully saturated rings. The fourth-order valence-electron chi connectivity index (χ4n) is 6.14. The van der Waals surface area contributed by atoms with Crippen molar-refractivity contribution in [3.63, 3.8) is 0 Å². The molecule has 2 heteroatoms. The molecule has 1 heterocycles. The van der Waals surface area contributed by atoms with Gasteiger partial charge in [0.15, 0.2) is 5.82 Å². The first-order chi connectivity index (χ1) is 23.1. The van der Waals surface area contributed by atoms with E-state index in [1.165, 1.54) is 22.3 Å². The fourth-order valence-corrected chi connectivity index (χ4v) is 6.14. The Hall–Kier alpha value is -5.60. The zero-order valence-corrected chi connectivity index (χ0v) is 27.4. The average Bonchev–Trinajstić information content (AvgIpc) is 3.13. The highest BCUT2D eigenvalue weighted by Crippen LogP contribution is 2.35. The number of rotatable bonds is 9. The number of hydrogen-bond donors (Lipinski definition) is 0. The molecule has 0 spiro atoms. The summed E-state index contributed by atoms with van der Waals surface area (Å²) in [7, 11) is 0. The number of aromatic nitrogens is 2. The van der Waals surface area contributed by atoms with Crippen LogP contribution in [0.25, 0.3) is 50.9 Å². The standard InChI is InChI=1S/C45H40N2/c1-5-8-17-33(7-3)37-20-13-22-39(29-37)43-31-44(40-23-14-21-38(30-40)34-18-10-9-11-19-34)47-45(46-43)36-27-25-35(26-28-36)42-24-12-16-32(4)41(42)15-6-2/h5-25,27-31,35H,3,26H2,1-2,4H3/b8-5-,15-6-,33-17+. The summed E-state index contributed by atoms with van der Waals surface area (Å²) in [6, 6.07) is 36.3. The van der Waals surface area contributed by atoms with Crippen LogP contribution in [-0.2, 0) is 0 Å². The quantitative estimate of drug-likeness (QED) is 0.156. The summed E-state index contributed by atoms with van der Waals surface area (Å²) in [6.45, 7) is 10.3. The maximum absolute atomic E-state index is 5.18. The minimum atomic E-state index is 0.299. The zero-order chi connectivity index (χ0) is 32.6. The van der Waals surface area contributed by atoms with E-state index in [1.54, 1.807) is 0 Å². The lowest BCUT2D eigenvalue weighted by molar-refractivity contribution is 0.850. The number of allylic oxidation sites excluding steroid dienone is 10. The lowest BCUT2D eigenvalue weighted by Gasteiger charge is -2.20. The van der Waals surface area contributed by atoms with Gasteiger partial charge in [-0.1, -0.05) is 146 Å². The van der Waals surface area contributed by atoms with Crippen molar-refractivity contribution in [2.45, 2.75) is 33.1 Å². The van der Waals surface area contributed by atoms with Gasteiger partial charge in [-0.15, -0.1) is 0 Å². The second-order valence-electron chi connectivity index (χ2n) is 11.8. The third-order valence-corrected chi connectivity index (χ3v) is 8.62. The fraction of sp³-hybridized carbons (Fsp3) is 0.111. The topological polar surface area (TPSA) is 25.8 Å². The lowest BCUT2D eigenvalue weighted by Crippen LogP contribution is -2.04. The number of nitrogens with zero attached hydrogens (tertiary/aromatic N) is 2. The summed E-state index contributed by atoms with van der Waals surface area (Å²) in [6.07, 6.45) is 20.1. The van der Waals surface area contributed by atoms with Crippen molar-refractivity contribution in [3.05, 3.63) is 186 Å². The highest BCUT2D eigenvalue weighted by molar-refractivity contribution is 5.81. The molecule has 0 saturated heterocycles. The van der Waals surface area contributed by atoms with E-state index in [9.17, 15) is 0 Å². The van der Waals surface area contributed by atoms with Crippen LogP contribution >= 0.6 is 0 Å². The first kappa shape index (κ1) is 31.4. The number of benzene rings is 4. The van der Waals surface area contributed by atoms with Crippen LogP contribution < -0.4 is 0 Å². The largest absolute Gasteiger partial charge is 0.228 e. The molecule has 1 aromatic heterocycles. The third kappa shape index (κ3) is 7.13. The minimum Gasteiger partial charge on any atom is -0.228 e. The van der Waals surface area contributed by atoms with Gasteiger partial charge in [0.2, 0.25) is 0 Å². The van der Waals surface area contributed by atoms with Crippen LogP contribution in [0.15, 0.2) is 158 Å². The maximum Gasteiger partial charge on any atom is 0.160 e. The van der Waals surface area contributed by atoms with Gasteiger partial charge in [0.1, 0.15) is 0 Å². The third-order valence-electron chi connectivity index (χ3n) is 8.62. The van der Waals surface area contributed by atoms with E-state index >= 15 is 0 Å². The van der Waals surface area contributed by atoms with Gasteiger partial charge in [0.05, 0.1) is 11.4 Å². The summed E-state index contributed by atoms with van der Waals surface area (Å²) < 4.78 is 0. The molecule has 0 bridgehead atoms. The summed E-state index contributed by atoms with van der Waals surface area (Å²) >= 11 is 0. The molecule has 1 aliphatic rings. The van der Waals surface area contributed by atoms with E-state index in [2.05, 4.69) is 154 Å². The molecule has 47 heavy (non-hydrogen) atoms. The van der Waals surface area contributed by atoms with Gasteiger partial charge in [0.25, 0.3) is 0 Å². The summed E-state index contributed by atoms with van der Waals surface area (Å²) in [5.74, 6) is 1.03. The Morgan fingerprint density at radius 3 is 2.15 bits per heavy atom. The summed E-state index contributed by atoms with van der Waals surface area (Å²) in [4.78, 5) is 10.4. The van der Waals surface area contributed by atoms with Crippen LogP contribution in [0.1, 0.15) is 54.3 Å². The first-order valence-electron chi connectivity index (χ1n) is 16.3. The molecule has 230 valence electrons. The molecular weight excluding hydrogens is 569 g/mol. The van der Waals surface area contributed by atoms with Crippen LogP contribution in [-0.4, -0.2) is 9.97 Å². The van der Waals surface area contributed by atoms with Crippen LogP contribution in [0.5, 0.6) is 0 Å². The molecule has 5 aromatic rings. The van der Waals surface area contributed by atoms with Gasteiger partial charge in [-0.3, -0.25) is 0 Å². The maximum atomic E-state index is 5.18. The van der Waals surface area contributed by atoms with Gasteiger partial charge in [0, 0.05) is 22.6 Å². The molecule has 4 aromatic carbocycles. The zero-order valence-electron chi connectivity index (χ0n) is 27.4. The molecule has 1 aliphatic carbocycles. The minimum absolute atomic E-state index is 0.299. The molecule has 0 saturated carbocycles. The van der Waals surface area contributed by atoms with Crippen molar-refractivity contribution in [1.29, 1.82) is 0 Å². The lowest BCUT2D eigenvalue weighted by atomic mass is 9.85. The molecule has 0 radical (unpaired) electrons. The molecule has 6 rings (SSSR count). The van der Waals surface area contributed by atoms with E-state index in [1.807, 2.05) is 31.2 Å². The van der Waals surface area contributed by atoms with Crippen molar-refractivity contribution in [2.24, 2.45) is 0 Å². The molecule has 0 N–H and O–H groups in total. The number of aryl methyl sites for hydroxylation is 1. The Balaban J connectivity index is 1.43. The predicted octanol–water partition coefficient (Wildman–Crippen LogP) is 12.1. The second-order valence-corrected chi connectivity index (χ2v) is 11.8. The molecule has 2 nitrogen and oxygen atoms in total. The van der Waals surface area contributed by atoms with Crippen LogP contribution in [0.4, 0.5) is 0 Å². The van der Waals surface area contributed by atoms with Gasteiger partial charge < -0.3 is 0 Å². The van der Waals surface area contributed by atoms with Gasteiger partial charge in [-0.25, -0.2) is 9.97 Å². The smallest absolute Gasteiger partial charge is 0.160 e. The molecular formula is C45H40N2. The van der Waals surface area contributed by atoms with Crippen molar-refractivity contribution >= 4 is 17.2 Å². The highest BCUT2D eigenvalue weighted by Gasteiger charge is 2.18. The van der Waals surface area contributed by atoms with E-state index in [-0.39, 0.29) is 0 Å². The van der Waals surface area contributed by atoms with E-state index < -0.39 is 0 Å². The monoisotopic (exact) mass is 608 g/mol. The Morgan fingerprint density at radius 2 is 1.45 bits per heavy atom. The normalized spacial score (nSPS) is 14.9. The average molecular weight is 609 g/mol. The van der Waals surface area contributed by atoms with Crippen molar-refractivity contribution in [2.75, 3.05) is 0 Å². The van der Waals surface area contributed by atoms with Crippen molar-refractivity contribution in [1.82, 2.24) is 9.97 Å².